The average Bonchev–Trinajstić information content (AvgIpc) is 2.84. The molecule has 1 atom stereocenters. The summed E-state index contributed by atoms with van der Waals surface area (Å²) < 4.78 is 28.4. The Balaban J connectivity index is 2.22. The van der Waals surface area contributed by atoms with Crippen molar-refractivity contribution in [2.24, 2.45) is 5.73 Å². The Hall–Kier alpha value is -1.34. The van der Waals surface area contributed by atoms with Gasteiger partial charge in [0.05, 0.1) is 4.47 Å². The molecule has 0 amide bonds. The molecule has 1 aromatic heterocycles. The fourth-order valence-corrected chi connectivity index (χ4v) is 2.59. The van der Waals surface area contributed by atoms with Gasteiger partial charge in [-0.25, -0.2) is 13.8 Å². The van der Waals surface area contributed by atoms with Crippen molar-refractivity contribution in [3.63, 3.8) is 0 Å². The molecular weight excluding hydrogens is 330 g/mol. The van der Waals surface area contributed by atoms with E-state index in [4.69, 9.17) is 5.73 Å². The van der Waals surface area contributed by atoms with E-state index in [1.807, 2.05) is 6.92 Å². The zero-order valence-electron chi connectivity index (χ0n) is 11.0. The summed E-state index contributed by atoms with van der Waals surface area (Å²) in [6.45, 7) is 2.79. The minimum Gasteiger partial charge on any atom is -0.324 e. The maximum Gasteiger partial charge on any atom is 0.173 e. The monoisotopic (exact) mass is 344 g/mol. The third kappa shape index (κ3) is 3.04. The highest BCUT2D eigenvalue weighted by atomic mass is 79.9. The van der Waals surface area contributed by atoms with Crippen LogP contribution in [0.5, 0.6) is 0 Å². The minimum absolute atomic E-state index is 0.0616. The number of aromatic nitrogens is 3. The van der Waals surface area contributed by atoms with E-state index in [2.05, 4.69) is 26.0 Å². The highest BCUT2D eigenvalue weighted by molar-refractivity contribution is 9.10. The van der Waals surface area contributed by atoms with Gasteiger partial charge in [-0.3, -0.25) is 4.68 Å². The molecule has 1 heterocycles. The molecule has 7 heteroatoms. The smallest absolute Gasteiger partial charge is 0.173 e. The topological polar surface area (TPSA) is 56.7 Å². The van der Waals surface area contributed by atoms with E-state index in [-0.39, 0.29) is 4.47 Å². The number of rotatable bonds is 5. The second kappa shape index (κ2) is 6.41. The standard InChI is InChI=1S/C13H15BrF2N4/c1-2-5-20-11(18-7-19-20)6-10(17)8-3-4-9(15)13(16)12(8)14/h3-4,7,10H,2,5-6,17H2,1H3. The molecule has 0 bridgehead atoms. The van der Waals surface area contributed by atoms with Gasteiger partial charge in [0.2, 0.25) is 0 Å². The third-order valence-corrected chi connectivity index (χ3v) is 3.80. The molecule has 0 spiro atoms. The quantitative estimate of drug-likeness (QED) is 0.848. The lowest BCUT2D eigenvalue weighted by molar-refractivity contribution is 0.498. The Kier molecular flexibility index (Phi) is 4.82. The fraction of sp³-hybridized carbons (Fsp3) is 0.385. The summed E-state index contributed by atoms with van der Waals surface area (Å²) in [6.07, 6.45) is 2.81. The van der Waals surface area contributed by atoms with Gasteiger partial charge in [0, 0.05) is 19.0 Å². The number of nitrogens with zero attached hydrogens (tertiary/aromatic N) is 3. The Labute approximate surface area is 124 Å². The van der Waals surface area contributed by atoms with E-state index >= 15 is 0 Å². The van der Waals surface area contributed by atoms with Gasteiger partial charge in [0.15, 0.2) is 11.6 Å². The normalized spacial score (nSPS) is 12.7. The maximum atomic E-state index is 13.5. The summed E-state index contributed by atoms with van der Waals surface area (Å²) in [6, 6.07) is 2.07. The highest BCUT2D eigenvalue weighted by Gasteiger charge is 2.18. The van der Waals surface area contributed by atoms with Crippen LogP contribution in [0.15, 0.2) is 22.9 Å². The van der Waals surface area contributed by atoms with Gasteiger partial charge in [0.25, 0.3) is 0 Å². The lowest BCUT2D eigenvalue weighted by atomic mass is 10.0. The first-order valence-electron chi connectivity index (χ1n) is 6.30. The first-order chi connectivity index (χ1) is 9.54. The van der Waals surface area contributed by atoms with E-state index < -0.39 is 17.7 Å². The molecule has 1 aromatic carbocycles. The van der Waals surface area contributed by atoms with Crippen LogP contribution in [0.1, 0.15) is 30.8 Å². The van der Waals surface area contributed by atoms with Crippen molar-refractivity contribution in [1.29, 1.82) is 0 Å². The Morgan fingerprint density at radius 1 is 1.40 bits per heavy atom. The predicted octanol–water partition coefficient (Wildman–Crippen LogP) is 2.97. The molecule has 0 saturated carbocycles. The Morgan fingerprint density at radius 2 is 2.15 bits per heavy atom. The van der Waals surface area contributed by atoms with Crippen molar-refractivity contribution in [2.45, 2.75) is 32.4 Å². The zero-order chi connectivity index (χ0) is 14.7. The van der Waals surface area contributed by atoms with Crippen LogP contribution in [-0.4, -0.2) is 14.8 Å². The molecule has 0 radical (unpaired) electrons. The molecule has 0 aliphatic rings. The Morgan fingerprint density at radius 3 is 2.85 bits per heavy atom. The first-order valence-corrected chi connectivity index (χ1v) is 7.09. The maximum absolute atomic E-state index is 13.5. The summed E-state index contributed by atoms with van der Waals surface area (Å²) in [5.74, 6) is -1.09. The van der Waals surface area contributed by atoms with Gasteiger partial charge < -0.3 is 5.73 Å². The number of benzene rings is 1. The van der Waals surface area contributed by atoms with Crippen molar-refractivity contribution in [1.82, 2.24) is 14.8 Å². The zero-order valence-corrected chi connectivity index (χ0v) is 12.6. The van der Waals surface area contributed by atoms with Gasteiger partial charge in [0.1, 0.15) is 12.2 Å². The van der Waals surface area contributed by atoms with Crippen molar-refractivity contribution in [3.05, 3.63) is 46.0 Å². The molecule has 2 N–H and O–H groups in total. The van der Waals surface area contributed by atoms with Gasteiger partial charge in [-0.1, -0.05) is 13.0 Å². The van der Waals surface area contributed by atoms with Crippen LogP contribution in [0.3, 0.4) is 0 Å². The van der Waals surface area contributed by atoms with Gasteiger partial charge in [-0.2, -0.15) is 5.10 Å². The summed E-state index contributed by atoms with van der Waals surface area (Å²) in [5.41, 5.74) is 6.58. The molecule has 2 rings (SSSR count). The van der Waals surface area contributed by atoms with Gasteiger partial charge >= 0.3 is 0 Å². The number of nitrogens with two attached hydrogens (primary N) is 1. The third-order valence-electron chi connectivity index (χ3n) is 3.00. The van der Waals surface area contributed by atoms with E-state index in [1.54, 1.807) is 4.68 Å². The molecule has 2 aromatic rings. The molecule has 0 aliphatic carbocycles. The van der Waals surface area contributed by atoms with Gasteiger partial charge in [-0.05, 0) is 34.0 Å². The lowest BCUT2D eigenvalue weighted by Crippen LogP contribution is -2.18. The summed E-state index contributed by atoms with van der Waals surface area (Å²) in [7, 11) is 0. The van der Waals surface area contributed by atoms with Crippen LogP contribution in [0, 0.1) is 11.6 Å². The number of hydrogen-bond acceptors (Lipinski definition) is 3. The molecule has 0 aliphatic heterocycles. The summed E-state index contributed by atoms with van der Waals surface area (Å²) in [4.78, 5) is 4.16. The number of aryl methyl sites for hydroxylation is 1. The van der Waals surface area contributed by atoms with Crippen LogP contribution >= 0.6 is 15.9 Å². The van der Waals surface area contributed by atoms with Crippen molar-refractivity contribution < 1.29 is 8.78 Å². The molecule has 108 valence electrons. The second-order valence-corrected chi connectivity index (χ2v) is 5.27. The van der Waals surface area contributed by atoms with Crippen LogP contribution < -0.4 is 5.73 Å². The molecule has 0 saturated heterocycles. The largest absolute Gasteiger partial charge is 0.324 e. The summed E-state index contributed by atoms with van der Waals surface area (Å²) >= 11 is 3.05. The van der Waals surface area contributed by atoms with Crippen molar-refractivity contribution in [3.8, 4) is 0 Å². The van der Waals surface area contributed by atoms with Crippen molar-refractivity contribution in [2.75, 3.05) is 0 Å². The molecule has 20 heavy (non-hydrogen) atoms. The lowest BCUT2D eigenvalue weighted by Gasteiger charge is -2.14. The van der Waals surface area contributed by atoms with Crippen LogP contribution in [-0.2, 0) is 13.0 Å². The summed E-state index contributed by atoms with van der Waals surface area (Å²) in [5, 5.41) is 4.11. The second-order valence-electron chi connectivity index (χ2n) is 4.47. The van der Waals surface area contributed by atoms with Crippen LogP contribution in [0.2, 0.25) is 0 Å². The fourth-order valence-electron chi connectivity index (χ4n) is 1.98. The van der Waals surface area contributed by atoms with Gasteiger partial charge in [-0.15, -0.1) is 0 Å². The average molecular weight is 345 g/mol. The first kappa shape index (κ1) is 15.1. The van der Waals surface area contributed by atoms with E-state index in [1.165, 1.54) is 12.4 Å². The predicted molar refractivity (Wildman–Crippen MR) is 75.0 cm³/mol. The van der Waals surface area contributed by atoms with Crippen molar-refractivity contribution >= 4 is 15.9 Å². The van der Waals surface area contributed by atoms with E-state index in [0.29, 0.717) is 12.0 Å². The number of hydrogen-bond donors (Lipinski definition) is 1. The molecule has 4 nitrogen and oxygen atoms in total. The van der Waals surface area contributed by atoms with E-state index in [9.17, 15) is 8.78 Å². The Bertz CT molecular complexity index is 600. The van der Waals surface area contributed by atoms with Crippen LogP contribution in [0.4, 0.5) is 8.78 Å². The van der Waals surface area contributed by atoms with E-state index in [0.717, 1.165) is 24.9 Å². The molecular formula is C13H15BrF2N4. The molecule has 0 fully saturated rings. The van der Waals surface area contributed by atoms with Crippen LogP contribution in [0.25, 0.3) is 0 Å². The number of halogens is 3. The minimum atomic E-state index is -0.923. The SMILES string of the molecule is CCCn1ncnc1CC(N)c1ccc(F)c(F)c1Br. The highest BCUT2D eigenvalue weighted by Crippen LogP contribution is 2.28. The molecule has 1 unspecified atom stereocenters.